The van der Waals surface area contributed by atoms with Crippen molar-refractivity contribution in [1.29, 1.82) is 0 Å². The van der Waals surface area contributed by atoms with E-state index in [0.717, 1.165) is 6.92 Å². The summed E-state index contributed by atoms with van der Waals surface area (Å²) in [4.78, 5) is 98.9. The van der Waals surface area contributed by atoms with E-state index in [1.54, 1.807) is 50.2 Å². The summed E-state index contributed by atoms with van der Waals surface area (Å²) >= 11 is 0. The van der Waals surface area contributed by atoms with Gasteiger partial charge in [-0.15, -0.1) is 0 Å². The molecule has 0 radical (unpaired) electrons. The van der Waals surface area contributed by atoms with E-state index in [-0.39, 0.29) is 65.9 Å². The van der Waals surface area contributed by atoms with Crippen molar-refractivity contribution in [1.82, 2.24) is 5.32 Å². The normalized spacial score (nSPS) is 33.6. The number of ketones is 1. The number of esters is 5. The van der Waals surface area contributed by atoms with Crippen molar-refractivity contribution >= 4 is 41.5 Å². The van der Waals surface area contributed by atoms with Gasteiger partial charge >= 0.3 is 29.8 Å². The first-order valence-corrected chi connectivity index (χ1v) is 23.2. The summed E-state index contributed by atoms with van der Waals surface area (Å²) in [6.07, 6.45) is -10.3. The van der Waals surface area contributed by atoms with Crippen LogP contribution in [0.1, 0.15) is 112 Å². The van der Waals surface area contributed by atoms with Gasteiger partial charge in [-0.2, -0.15) is 0 Å². The molecule has 3 aliphatic carbocycles. The molecule has 8 rings (SSSR count). The van der Waals surface area contributed by atoms with Crippen molar-refractivity contribution in [3.63, 3.8) is 0 Å². The molecule has 2 aliphatic heterocycles. The summed E-state index contributed by atoms with van der Waals surface area (Å²) in [7, 11) is 0. The molecule has 1 spiro atoms. The molecule has 0 aromatic heterocycles. The van der Waals surface area contributed by atoms with Crippen LogP contribution in [0.5, 0.6) is 5.75 Å². The molecule has 3 fully saturated rings. The number of fused-ring (bicyclic) bond motifs is 4. The van der Waals surface area contributed by atoms with Crippen LogP contribution in [0.4, 0.5) is 0 Å². The van der Waals surface area contributed by atoms with Gasteiger partial charge in [-0.3, -0.25) is 24.0 Å². The van der Waals surface area contributed by atoms with Crippen molar-refractivity contribution in [2.24, 2.45) is 16.7 Å². The van der Waals surface area contributed by atoms with Gasteiger partial charge in [0.25, 0.3) is 5.91 Å². The minimum Gasteiger partial charge on any atom is -0.456 e. The van der Waals surface area contributed by atoms with Crippen LogP contribution >= 0.6 is 0 Å². The summed E-state index contributed by atoms with van der Waals surface area (Å²) in [5.74, 6) is -7.64. The van der Waals surface area contributed by atoms with Gasteiger partial charge in [0.2, 0.25) is 0 Å². The monoisotopic (exact) mass is 951 g/mol. The number of Topliss-reactive ketones (excluding diaryl/α,β-unsaturated/α-hetero) is 1. The van der Waals surface area contributed by atoms with Crippen LogP contribution in [-0.2, 0) is 47.7 Å². The van der Waals surface area contributed by atoms with Crippen LogP contribution in [0, 0.1) is 16.7 Å². The van der Waals surface area contributed by atoms with Gasteiger partial charge in [0.15, 0.2) is 23.6 Å². The molecule has 1 unspecified atom stereocenters. The largest absolute Gasteiger partial charge is 0.456 e. The maximum Gasteiger partial charge on any atom is 0.338 e. The topological polar surface area (TPSA) is 248 Å². The molecule has 3 aromatic rings. The Morgan fingerprint density at radius 2 is 1.46 bits per heavy atom. The molecular weight excluding hydrogens is 895 g/mol. The lowest BCUT2D eigenvalue weighted by molar-refractivity contribution is -0.346. The van der Waals surface area contributed by atoms with Gasteiger partial charge in [0.1, 0.15) is 29.7 Å². The van der Waals surface area contributed by atoms with Gasteiger partial charge in [-0.25, -0.2) is 9.59 Å². The summed E-state index contributed by atoms with van der Waals surface area (Å²) in [6.45, 7) is 6.74. The number of carbonyl (C=O) groups is 7. The average molecular weight is 952 g/mol. The zero-order valence-corrected chi connectivity index (χ0v) is 39.0. The summed E-state index contributed by atoms with van der Waals surface area (Å²) in [5.41, 5.74) is -7.64. The van der Waals surface area contributed by atoms with Crippen LogP contribution in [0.25, 0.3) is 0 Å². The Balaban J connectivity index is 1.32. The number of benzene rings is 3. The third-order valence-corrected chi connectivity index (χ3v) is 15.0. The fourth-order valence-electron chi connectivity index (χ4n) is 11.2. The zero-order chi connectivity index (χ0) is 49.6. The molecule has 17 heteroatoms. The van der Waals surface area contributed by atoms with Crippen LogP contribution < -0.4 is 10.1 Å². The maximum absolute atomic E-state index is 15.7. The van der Waals surface area contributed by atoms with Gasteiger partial charge < -0.3 is 49.1 Å². The quantitative estimate of drug-likeness (QED) is 0.118. The number of amides is 1. The smallest absolute Gasteiger partial charge is 0.338 e. The number of rotatable bonds is 5. The predicted molar refractivity (Wildman–Crippen MR) is 241 cm³/mol. The highest BCUT2D eigenvalue weighted by Crippen LogP contribution is 2.64. The van der Waals surface area contributed by atoms with Crippen molar-refractivity contribution in [3.8, 4) is 5.75 Å². The molecule has 6 bridgehead atoms. The maximum atomic E-state index is 15.7. The number of aliphatic hydroxyl groups excluding tert-OH is 2. The summed E-state index contributed by atoms with van der Waals surface area (Å²) in [6, 6.07) is 20.2. The van der Waals surface area contributed by atoms with E-state index in [4.69, 9.17) is 28.4 Å². The van der Waals surface area contributed by atoms with E-state index in [1.807, 2.05) is 0 Å². The van der Waals surface area contributed by atoms with Crippen molar-refractivity contribution < 1.29 is 77.3 Å². The highest BCUT2D eigenvalue weighted by Gasteiger charge is 2.78. The molecule has 4 N–H and O–H groups in total. The van der Waals surface area contributed by atoms with Gasteiger partial charge in [0.05, 0.1) is 35.6 Å². The fourth-order valence-corrected chi connectivity index (χ4v) is 11.2. The lowest BCUT2D eigenvalue weighted by Gasteiger charge is -2.67. The standard InChI is InChI=1S/C52H57NO16/c1-28-34-26-52(63)45(68-47(61)31-18-11-7-12-19-31)43-50(5,44(59)42(65-29(2)54)39(28)49(52,3)4)35(55)25-36-51(43,27-64-36)69-38(57)23-14-8-13-22-37(56)66-33-21-15-20-32(24-33)40(41(58)48(62)67-34)53-46(60)30-16-9-6-10-17-30/h6-7,9-12,15-21,24,34-36,40-43,45,55,58,63H,8,13-14,22-23,25-27H2,1-5H3,(H,53,60)/t34-,35-,36+,40-,41+,42+,43?,45-,50+,51-,52+/m0/s1. The minimum absolute atomic E-state index is 0.0349. The Kier molecular flexibility index (Phi) is 13.5. The van der Waals surface area contributed by atoms with E-state index in [1.165, 1.54) is 62.4 Å². The van der Waals surface area contributed by atoms with Crippen molar-refractivity contribution in [3.05, 3.63) is 113 Å². The van der Waals surface area contributed by atoms with E-state index in [9.17, 15) is 44.1 Å². The lowest BCUT2D eigenvalue weighted by Crippen LogP contribution is -2.82. The Morgan fingerprint density at radius 1 is 0.812 bits per heavy atom. The fraction of sp³-hybridized carbons (Fsp3) is 0.481. The Hall–Kier alpha value is -6.27. The van der Waals surface area contributed by atoms with Crippen LogP contribution in [0.15, 0.2) is 96.1 Å². The van der Waals surface area contributed by atoms with Crippen LogP contribution in [-0.4, -0.2) is 111 Å². The average Bonchev–Trinajstić information content (AvgIpc) is 3.31. The second-order valence-electron chi connectivity index (χ2n) is 19.4. The molecule has 1 amide bonds. The number of hydrogen-bond acceptors (Lipinski definition) is 16. The molecule has 2 saturated carbocycles. The minimum atomic E-state index is -2.44. The third-order valence-electron chi connectivity index (χ3n) is 15.0. The summed E-state index contributed by atoms with van der Waals surface area (Å²) in [5, 5.41) is 40.9. The molecule has 1 saturated heterocycles. The SMILES string of the molecule is CC(=O)O[C@H]1C(=O)[C@@]2(C)C3[C@H](OC(=O)c4ccccc4)[C@]4(O)C[C@H](OC(=O)[C@H](O)[C@@H](NC(=O)c5ccccc5)c5cccc(c5)OC(=O)CCCCCC(=O)O[C@]35CO[C@@H]5C[C@@H]2O)C(C)=C1C4(C)C. The number of aliphatic hydroxyl groups is 3. The molecule has 11 atom stereocenters. The number of carbonyl (C=O) groups excluding carboxylic acids is 7. The molecule has 3 aromatic carbocycles. The van der Waals surface area contributed by atoms with Gasteiger partial charge in [-0.05, 0) is 79.8 Å². The molecule has 2 heterocycles. The van der Waals surface area contributed by atoms with E-state index in [2.05, 4.69) is 5.32 Å². The molecule has 17 nitrogen and oxygen atoms in total. The second-order valence-corrected chi connectivity index (χ2v) is 19.4. The summed E-state index contributed by atoms with van der Waals surface area (Å²) < 4.78 is 36.6. The number of hydrogen-bond donors (Lipinski definition) is 4. The first-order chi connectivity index (χ1) is 32.7. The highest BCUT2D eigenvalue weighted by atomic mass is 16.6. The highest BCUT2D eigenvalue weighted by molar-refractivity contribution is 5.96. The predicted octanol–water partition coefficient (Wildman–Crippen LogP) is 4.59. The van der Waals surface area contributed by atoms with E-state index < -0.39 is 119 Å². The van der Waals surface area contributed by atoms with Crippen LogP contribution in [0.2, 0.25) is 0 Å². The molecular formula is C52H57NO16. The van der Waals surface area contributed by atoms with E-state index >= 15 is 4.79 Å². The van der Waals surface area contributed by atoms with Gasteiger partial charge in [-0.1, -0.05) is 68.8 Å². The number of nitrogens with one attached hydrogen (secondary N) is 1. The lowest BCUT2D eigenvalue weighted by atomic mass is 9.44. The number of ether oxygens (including phenoxy) is 6. The molecule has 366 valence electrons. The van der Waals surface area contributed by atoms with Crippen molar-refractivity contribution in [2.75, 3.05) is 6.61 Å². The Bertz CT molecular complexity index is 2560. The zero-order valence-electron chi connectivity index (χ0n) is 39.0. The first-order valence-electron chi connectivity index (χ1n) is 23.2. The Morgan fingerprint density at radius 3 is 2.10 bits per heavy atom. The van der Waals surface area contributed by atoms with E-state index in [0.29, 0.717) is 12.8 Å². The Labute approximate surface area is 398 Å². The molecule has 69 heavy (non-hydrogen) atoms. The first kappa shape index (κ1) is 49.2. The third kappa shape index (κ3) is 8.74. The van der Waals surface area contributed by atoms with Gasteiger partial charge in [0, 0.05) is 43.6 Å². The van der Waals surface area contributed by atoms with Crippen molar-refractivity contribution in [2.45, 2.75) is 133 Å². The van der Waals surface area contributed by atoms with Crippen LogP contribution in [0.3, 0.4) is 0 Å². The second kappa shape index (κ2) is 18.9. The molecule has 5 aliphatic rings.